The lowest BCUT2D eigenvalue weighted by Gasteiger charge is -2.35. The van der Waals surface area contributed by atoms with Crippen LogP contribution in [0.25, 0.3) is 15.8 Å². The molecule has 2 fully saturated rings. The summed E-state index contributed by atoms with van der Waals surface area (Å²) < 4.78 is 28.2. The number of carbonyl (C=O) groups is 4. The molecule has 2 aliphatic rings. The second-order valence-electron chi connectivity index (χ2n) is 20.9. The van der Waals surface area contributed by atoms with Gasteiger partial charge in [-0.15, -0.1) is 12.6 Å². The van der Waals surface area contributed by atoms with Crippen molar-refractivity contribution in [2.45, 2.75) is 104 Å². The van der Waals surface area contributed by atoms with Crippen molar-refractivity contribution in [2.24, 2.45) is 11.1 Å². The highest BCUT2D eigenvalue weighted by atomic mass is 32.1. The number of carbonyl (C=O) groups excluding carboxylic acids is 4. The molecule has 2 aliphatic heterocycles. The van der Waals surface area contributed by atoms with E-state index in [0.717, 1.165) is 80.2 Å². The molecule has 0 spiro atoms. The van der Waals surface area contributed by atoms with Gasteiger partial charge in [0.2, 0.25) is 17.7 Å². The largest absolute Gasteiger partial charge is 0.401 e. The Kier molecular flexibility index (Phi) is 24.5. The molecule has 4 amide bonds. The molecule has 1 unspecified atom stereocenters. The second kappa shape index (κ2) is 30.9. The van der Waals surface area contributed by atoms with E-state index in [1.165, 1.54) is 27.2 Å². The van der Waals surface area contributed by atoms with E-state index in [2.05, 4.69) is 79.7 Å². The second-order valence-corrected chi connectivity index (χ2v) is 22.3. The van der Waals surface area contributed by atoms with Crippen LogP contribution in [0.5, 0.6) is 0 Å². The Bertz CT molecular complexity index is 2500. The maximum Gasteiger partial charge on any atom is 0.263 e. The SMILES string of the molecule is CCCCC(Cc1c[nH]c2ccccc12)NC(=O)c1cnc(N2CCN(CCOCCOCCOCCOCCOCC(=O)N[C@H](C(=O)N3C[C@H](O)C[C@H]3C(=O)N[C@@H](C)c3ccc(/C(S)=C(\C)N)cc3)C(C)(C)C)CC2)s1. The predicted octanol–water partition coefficient (Wildman–Crippen LogP) is 5.31. The van der Waals surface area contributed by atoms with Gasteiger partial charge in [-0.1, -0.05) is 94.3 Å². The lowest BCUT2D eigenvalue weighted by molar-refractivity contribution is -0.144. The number of hydrogen-bond acceptors (Lipinski definition) is 16. The zero-order valence-corrected chi connectivity index (χ0v) is 47.6. The molecule has 5 atom stereocenters. The highest BCUT2D eigenvalue weighted by Crippen LogP contribution is 2.29. The van der Waals surface area contributed by atoms with E-state index < -0.39 is 41.3 Å². The number of hydrogen-bond donors (Lipinski definition) is 7. The maximum atomic E-state index is 14.0. The summed E-state index contributed by atoms with van der Waals surface area (Å²) in [4.78, 5) is 69.2. The van der Waals surface area contributed by atoms with E-state index in [1.54, 1.807) is 13.1 Å². The third kappa shape index (κ3) is 19.1. The standard InChI is InChI=1S/C56H83N9O10S2/c1-7-8-11-43(32-42-34-58-46-13-10-9-12-45(42)46)61-53(69)48-35-59-55(77-48)64-20-18-63(19-21-64)22-23-71-24-25-72-26-27-73-28-29-74-30-31-75-37-49(67)62-51(56(4,5)6)54(70)65-36-44(66)33-47(65)52(68)60-39(3)40-14-16-41(17-15-40)50(76)38(2)57/h9-10,12-17,34-35,39,43-44,47,51,58,66,76H,7-8,11,18-33,36-37,57H2,1-6H3,(H,60,68)(H,61,69)(H,62,67)/b50-38-/t39-,43?,44+,47-,51+/m0/s1. The summed E-state index contributed by atoms with van der Waals surface area (Å²) in [5.41, 5.74) is 9.80. The Morgan fingerprint density at radius 3 is 2.16 bits per heavy atom. The molecule has 19 nitrogen and oxygen atoms in total. The monoisotopic (exact) mass is 1110 g/mol. The number of H-pyrrole nitrogens is 1. The Morgan fingerprint density at radius 2 is 1.52 bits per heavy atom. The van der Waals surface area contributed by atoms with Gasteiger partial charge in [0.05, 0.1) is 77.8 Å². The number of aliphatic hydroxyl groups is 1. The summed E-state index contributed by atoms with van der Waals surface area (Å²) in [6, 6.07) is 13.6. The topological polar surface area (TPSA) is 235 Å². The van der Waals surface area contributed by atoms with Gasteiger partial charge in [0, 0.05) is 79.4 Å². The van der Waals surface area contributed by atoms with Crippen LogP contribution in [0, 0.1) is 5.41 Å². The minimum atomic E-state index is -0.978. The number of para-hydroxylation sites is 1. The molecular weight excluding hydrogens is 1020 g/mol. The van der Waals surface area contributed by atoms with Gasteiger partial charge in [0.25, 0.3) is 5.91 Å². The van der Waals surface area contributed by atoms with Crippen LogP contribution in [0.1, 0.15) is 99.6 Å². The number of aromatic nitrogens is 2. The number of benzene rings is 2. The molecular formula is C56H83N9O10S2. The number of aromatic amines is 1. The number of thiol groups is 1. The van der Waals surface area contributed by atoms with Gasteiger partial charge in [-0.05, 0) is 54.9 Å². The normalized spacial score (nSPS) is 17.8. The van der Waals surface area contributed by atoms with Gasteiger partial charge in [-0.3, -0.25) is 24.1 Å². The minimum absolute atomic E-state index is 0.0317. The number of nitrogens with two attached hydrogens (primary N) is 1. The number of nitrogens with one attached hydrogen (secondary N) is 4. The fraction of sp³-hybridized carbons (Fsp3) is 0.589. The number of likely N-dealkylation sites (tertiary alicyclic amines) is 1. The lowest BCUT2D eigenvalue weighted by Crippen LogP contribution is -2.58. The van der Waals surface area contributed by atoms with Crippen LogP contribution in [0.4, 0.5) is 5.13 Å². The van der Waals surface area contributed by atoms with Crippen LogP contribution in [0.2, 0.25) is 0 Å². The molecule has 77 heavy (non-hydrogen) atoms. The molecule has 0 radical (unpaired) electrons. The van der Waals surface area contributed by atoms with Crippen molar-refractivity contribution in [1.82, 2.24) is 35.7 Å². The van der Waals surface area contributed by atoms with E-state index in [-0.39, 0.29) is 50.8 Å². The average Bonchev–Trinajstić information content (AvgIpc) is 4.19. The van der Waals surface area contributed by atoms with Crippen molar-refractivity contribution in [2.75, 3.05) is 110 Å². The van der Waals surface area contributed by atoms with Crippen LogP contribution < -0.4 is 26.6 Å². The third-order valence-electron chi connectivity index (χ3n) is 13.7. The molecule has 2 saturated heterocycles. The Balaban J connectivity index is 0.759. The molecule has 424 valence electrons. The third-order valence-corrected chi connectivity index (χ3v) is 15.4. The molecule has 2 aromatic heterocycles. The number of piperazine rings is 1. The van der Waals surface area contributed by atoms with Crippen LogP contribution in [-0.2, 0) is 44.5 Å². The van der Waals surface area contributed by atoms with Crippen LogP contribution in [-0.4, -0.2) is 178 Å². The summed E-state index contributed by atoms with van der Waals surface area (Å²) in [6.07, 6.45) is 6.78. The highest BCUT2D eigenvalue weighted by Gasteiger charge is 2.44. The Morgan fingerprint density at radius 1 is 0.883 bits per heavy atom. The number of amides is 4. The van der Waals surface area contributed by atoms with E-state index in [4.69, 9.17) is 29.4 Å². The first-order valence-electron chi connectivity index (χ1n) is 27.0. The molecule has 0 saturated carbocycles. The number of allylic oxidation sites excluding steroid dienone is 1. The van der Waals surface area contributed by atoms with Crippen molar-refractivity contribution in [3.8, 4) is 0 Å². The first-order valence-corrected chi connectivity index (χ1v) is 28.3. The van der Waals surface area contributed by atoms with Crippen molar-refractivity contribution < 1.29 is 48.0 Å². The maximum absolute atomic E-state index is 14.0. The fourth-order valence-corrected chi connectivity index (χ4v) is 10.3. The molecule has 0 aliphatic carbocycles. The van der Waals surface area contributed by atoms with Crippen LogP contribution in [0.15, 0.2) is 66.6 Å². The quantitative estimate of drug-likeness (QED) is 0.0250. The van der Waals surface area contributed by atoms with Gasteiger partial charge >= 0.3 is 0 Å². The molecule has 4 heterocycles. The van der Waals surface area contributed by atoms with E-state index in [9.17, 15) is 24.3 Å². The van der Waals surface area contributed by atoms with E-state index >= 15 is 0 Å². The van der Waals surface area contributed by atoms with Crippen molar-refractivity contribution in [1.29, 1.82) is 0 Å². The van der Waals surface area contributed by atoms with Crippen LogP contribution in [0.3, 0.4) is 0 Å². The summed E-state index contributed by atoms with van der Waals surface area (Å²) in [5, 5.41) is 21.8. The zero-order valence-electron chi connectivity index (χ0n) is 45.9. The van der Waals surface area contributed by atoms with Crippen molar-refractivity contribution in [3.63, 3.8) is 0 Å². The zero-order chi connectivity index (χ0) is 55.3. The Hall–Kier alpha value is -5.10. The number of ether oxygens (including phenoxy) is 5. The van der Waals surface area contributed by atoms with E-state index in [1.807, 2.05) is 58.0 Å². The number of fused-ring (bicyclic) bond motifs is 1. The molecule has 21 heteroatoms. The predicted molar refractivity (Wildman–Crippen MR) is 304 cm³/mol. The van der Waals surface area contributed by atoms with Gasteiger partial charge in [0.1, 0.15) is 23.6 Å². The smallest absolute Gasteiger partial charge is 0.263 e. The molecule has 4 aromatic rings. The first-order chi connectivity index (χ1) is 37.0. The molecule has 7 N–H and O–H groups in total. The number of anilines is 1. The van der Waals surface area contributed by atoms with Crippen LogP contribution >= 0.6 is 24.0 Å². The lowest BCUT2D eigenvalue weighted by atomic mass is 9.85. The minimum Gasteiger partial charge on any atom is -0.401 e. The van der Waals surface area contributed by atoms with Gasteiger partial charge in [-0.2, -0.15) is 0 Å². The highest BCUT2D eigenvalue weighted by molar-refractivity contribution is 7.90. The number of rotatable bonds is 31. The molecule has 2 aromatic carbocycles. The summed E-state index contributed by atoms with van der Waals surface area (Å²) in [5.74, 6) is -1.40. The van der Waals surface area contributed by atoms with Gasteiger partial charge < -0.3 is 65.3 Å². The van der Waals surface area contributed by atoms with E-state index in [0.29, 0.717) is 61.7 Å². The number of thiazole rings is 1. The molecule has 6 rings (SSSR count). The number of unbranched alkanes of at least 4 members (excludes halogenated alkanes) is 1. The number of aliphatic hydroxyl groups excluding tert-OH is 1. The van der Waals surface area contributed by atoms with Gasteiger partial charge in [0.15, 0.2) is 5.13 Å². The van der Waals surface area contributed by atoms with Crippen molar-refractivity contribution >= 4 is 68.5 Å². The van der Waals surface area contributed by atoms with Gasteiger partial charge in [-0.25, -0.2) is 4.98 Å². The number of β-amino-alcohol motifs (C(OH)–C–C–N with tert-alkyl or cyclic N) is 1. The number of nitrogens with zero attached hydrogens (tertiary/aromatic N) is 4. The average molecular weight is 1110 g/mol. The fourth-order valence-electron chi connectivity index (χ4n) is 9.29. The van der Waals surface area contributed by atoms with Crippen molar-refractivity contribution in [3.05, 3.63) is 88.2 Å². The summed E-state index contributed by atoms with van der Waals surface area (Å²) >= 11 is 5.92. The first kappa shape index (κ1) is 61.1. The summed E-state index contributed by atoms with van der Waals surface area (Å²) in [7, 11) is 0. The Labute approximate surface area is 463 Å². The molecule has 0 bridgehead atoms. The summed E-state index contributed by atoms with van der Waals surface area (Å²) in [6.45, 7) is 18.7.